The quantitative estimate of drug-likeness (QED) is 0.924. The number of aromatic nitrogens is 1. The summed E-state index contributed by atoms with van der Waals surface area (Å²) in [5.74, 6) is -0.711. The molecule has 1 N–H and O–H groups in total. The van der Waals surface area contributed by atoms with Gasteiger partial charge in [0.1, 0.15) is 5.82 Å². The third kappa shape index (κ3) is 2.88. The van der Waals surface area contributed by atoms with Gasteiger partial charge < -0.3 is 5.32 Å². The molecule has 1 heterocycles. The van der Waals surface area contributed by atoms with E-state index in [0.29, 0.717) is 15.7 Å². The largest absolute Gasteiger partial charge is 0.321 e. The molecule has 0 saturated heterocycles. The molecule has 1 amide bonds. The molecule has 2 aromatic rings. The molecular weight excluding hydrogens is 287 g/mol. The van der Waals surface area contributed by atoms with E-state index in [-0.39, 0.29) is 5.91 Å². The van der Waals surface area contributed by atoms with Gasteiger partial charge in [0.25, 0.3) is 5.91 Å². The van der Waals surface area contributed by atoms with Crippen LogP contribution >= 0.6 is 15.9 Å². The molecule has 0 saturated carbocycles. The van der Waals surface area contributed by atoms with Gasteiger partial charge in [0.2, 0.25) is 0 Å². The molecule has 1 aromatic carbocycles. The van der Waals surface area contributed by atoms with E-state index in [1.165, 1.54) is 30.6 Å². The summed E-state index contributed by atoms with van der Waals surface area (Å²) in [5.41, 5.74) is 0.864. The van der Waals surface area contributed by atoms with Gasteiger partial charge in [-0.25, -0.2) is 4.39 Å². The van der Waals surface area contributed by atoms with E-state index in [1.807, 2.05) is 0 Å². The van der Waals surface area contributed by atoms with Crippen molar-refractivity contribution in [1.82, 2.24) is 4.98 Å². The number of hydrogen-bond donors (Lipinski definition) is 1. The minimum absolute atomic E-state index is 0.307. The number of rotatable bonds is 2. The second-order valence-corrected chi connectivity index (χ2v) is 4.17. The fourth-order valence-corrected chi connectivity index (χ4v) is 1.64. The van der Waals surface area contributed by atoms with E-state index in [9.17, 15) is 9.18 Å². The van der Waals surface area contributed by atoms with Crippen molar-refractivity contribution in [2.24, 2.45) is 0 Å². The Morgan fingerprint density at radius 3 is 2.65 bits per heavy atom. The van der Waals surface area contributed by atoms with Crippen molar-refractivity contribution < 1.29 is 9.18 Å². The van der Waals surface area contributed by atoms with Crippen molar-refractivity contribution in [3.05, 3.63) is 58.6 Å². The number of nitrogens with zero attached hydrogens (tertiary/aromatic N) is 1. The molecule has 0 bridgehead atoms. The van der Waals surface area contributed by atoms with Crippen LogP contribution in [0.4, 0.5) is 10.1 Å². The highest BCUT2D eigenvalue weighted by Crippen LogP contribution is 2.23. The molecular formula is C12H8BrFN2O. The van der Waals surface area contributed by atoms with E-state index >= 15 is 0 Å². The van der Waals surface area contributed by atoms with Crippen LogP contribution in [0.5, 0.6) is 0 Å². The maximum atomic E-state index is 13.0. The Balaban J connectivity index is 2.22. The van der Waals surface area contributed by atoms with Gasteiger partial charge in [-0.2, -0.15) is 0 Å². The van der Waals surface area contributed by atoms with Gasteiger partial charge in [0.05, 0.1) is 5.69 Å². The lowest BCUT2D eigenvalue weighted by Gasteiger charge is -2.07. The summed E-state index contributed by atoms with van der Waals surface area (Å²) in [6.45, 7) is 0. The van der Waals surface area contributed by atoms with Crippen LogP contribution in [0.1, 0.15) is 10.4 Å². The number of pyridine rings is 1. The Morgan fingerprint density at radius 2 is 1.94 bits per heavy atom. The van der Waals surface area contributed by atoms with Crippen molar-refractivity contribution in [2.45, 2.75) is 0 Å². The summed E-state index contributed by atoms with van der Waals surface area (Å²) in [5, 5.41) is 2.61. The average Bonchev–Trinajstić information content (AvgIpc) is 2.35. The monoisotopic (exact) mass is 294 g/mol. The van der Waals surface area contributed by atoms with E-state index in [0.717, 1.165) is 0 Å². The number of anilines is 1. The molecule has 2 rings (SSSR count). The number of benzene rings is 1. The van der Waals surface area contributed by atoms with Crippen LogP contribution in [0.25, 0.3) is 0 Å². The highest BCUT2D eigenvalue weighted by Gasteiger charge is 2.08. The Kier molecular flexibility index (Phi) is 3.49. The summed E-state index contributed by atoms with van der Waals surface area (Å²) in [6.07, 6.45) is 3.05. The highest BCUT2D eigenvalue weighted by atomic mass is 79.9. The van der Waals surface area contributed by atoms with Crippen LogP contribution in [-0.4, -0.2) is 10.9 Å². The molecule has 5 heteroatoms. The van der Waals surface area contributed by atoms with Gasteiger partial charge in [0, 0.05) is 22.4 Å². The molecule has 0 aliphatic heterocycles. The van der Waals surface area contributed by atoms with Crippen molar-refractivity contribution in [2.75, 3.05) is 5.32 Å². The lowest BCUT2D eigenvalue weighted by molar-refractivity contribution is 0.102. The summed E-state index contributed by atoms with van der Waals surface area (Å²) in [7, 11) is 0. The Labute approximate surface area is 106 Å². The maximum Gasteiger partial charge on any atom is 0.255 e. The van der Waals surface area contributed by atoms with Crippen LogP contribution in [0.3, 0.4) is 0 Å². The summed E-state index contributed by atoms with van der Waals surface area (Å²) < 4.78 is 13.6. The third-order valence-corrected chi connectivity index (χ3v) is 2.81. The second-order valence-electron chi connectivity index (χ2n) is 3.31. The fourth-order valence-electron chi connectivity index (χ4n) is 1.29. The van der Waals surface area contributed by atoms with Crippen molar-refractivity contribution in [1.29, 1.82) is 0 Å². The van der Waals surface area contributed by atoms with E-state index in [4.69, 9.17) is 0 Å². The maximum absolute atomic E-state index is 13.0. The molecule has 1 aromatic heterocycles. The zero-order valence-corrected chi connectivity index (χ0v) is 10.2. The number of amides is 1. The minimum Gasteiger partial charge on any atom is -0.321 e. The number of hydrogen-bond acceptors (Lipinski definition) is 2. The molecule has 0 atom stereocenters. The summed E-state index contributed by atoms with van der Waals surface area (Å²) >= 11 is 3.24. The summed E-state index contributed by atoms with van der Waals surface area (Å²) in [6, 6.07) is 7.28. The standard InChI is InChI=1S/C12H8BrFN2O/c13-10-2-1-9(14)7-11(10)16-12(17)8-3-5-15-6-4-8/h1-7H,(H,16,17). The zero-order chi connectivity index (χ0) is 12.3. The number of halogens is 2. The number of carbonyl (C=O) groups is 1. The van der Waals surface area contributed by atoms with Crippen molar-refractivity contribution >= 4 is 27.5 Å². The topological polar surface area (TPSA) is 42.0 Å². The normalized spacial score (nSPS) is 10.0. The lowest BCUT2D eigenvalue weighted by atomic mass is 10.2. The predicted octanol–water partition coefficient (Wildman–Crippen LogP) is 3.24. The highest BCUT2D eigenvalue weighted by molar-refractivity contribution is 9.10. The Hall–Kier alpha value is -1.75. The second kappa shape index (κ2) is 5.05. The first-order chi connectivity index (χ1) is 8.16. The van der Waals surface area contributed by atoms with Crippen LogP contribution in [0.2, 0.25) is 0 Å². The molecule has 86 valence electrons. The van der Waals surface area contributed by atoms with Gasteiger partial charge in [-0.3, -0.25) is 9.78 Å². The smallest absolute Gasteiger partial charge is 0.255 e. The van der Waals surface area contributed by atoms with Gasteiger partial charge in [0.15, 0.2) is 0 Å². The number of nitrogens with one attached hydrogen (secondary N) is 1. The first kappa shape index (κ1) is 11.7. The van der Waals surface area contributed by atoms with Gasteiger partial charge in [-0.1, -0.05) is 0 Å². The van der Waals surface area contributed by atoms with Crippen LogP contribution in [0, 0.1) is 5.82 Å². The van der Waals surface area contributed by atoms with Gasteiger partial charge in [-0.15, -0.1) is 0 Å². The average molecular weight is 295 g/mol. The molecule has 0 aliphatic carbocycles. The van der Waals surface area contributed by atoms with E-state index in [2.05, 4.69) is 26.2 Å². The molecule has 0 aliphatic rings. The predicted molar refractivity (Wildman–Crippen MR) is 66.3 cm³/mol. The van der Waals surface area contributed by atoms with Crippen LogP contribution < -0.4 is 5.32 Å². The van der Waals surface area contributed by atoms with Crippen LogP contribution in [-0.2, 0) is 0 Å². The molecule has 0 radical (unpaired) electrons. The van der Waals surface area contributed by atoms with E-state index < -0.39 is 5.82 Å². The zero-order valence-electron chi connectivity index (χ0n) is 8.65. The van der Waals surface area contributed by atoms with Crippen molar-refractivity contribution in [3.63, 3.8) is 0 Å². The number of carbonyl (C=O) groups excluding carboxylic acids is 1. The van der Waals surface area contributed by atoms with E-state index in [1.54, 1.807) is 12.1 Å². The molecule has 0 fully saturated rings. The molecule has 0 unspecified atom stereocenters. The van der Waals surface area contributed by atoms with Crippen molar-refractivity contribution in [3.8, 4) is 0 Å². The Bertz CT molecular complexity index is 545. The molecule has 17 heavy (non-hydrogen) atoms. The lowest BCUT2D eigenvalue weighted by Crippen LogP contribution is -2.12. The fraction of sp³-hybridized carbons (Fsp3) is 0. The molecule has 3 nitrogen and oxygen atoms in total. The van der Waals surface area contributed by atoms with Crippen LogP contribution in [0.15, 0.2) is 47.2 Å². The minimum atomic E-state index is -0.404. The first-order valence-corrected chi connectivity index (χ1v) is 5.62. The Morgan fingerprint density at radius 1 is 1.24 bits per heavy atom. The van der Waals surface area contributed by atoms with Gasteiger partial charge >= 0.3 is 0 Å². The van der Waals surface area contributed by atoms with Gasteiger partial charge in [-0.05, 0) is 46.3 Å². The SMILES string of the molecule is O=C(Nc1cc(F)ccc1Br)c1ccncc1. The molecule has 0 spiro atoms. The first-order valence-electron chi connectivity index (χ1n) is 4.83. The summed E-state index contributed by atoms with van der Waals surface area (Å²) in [4.78, 5) is 15.6. The third-order valence-electron chi connectivity index (χ3n) is 2.12.